The Hall–Kier alpha value is -2.53. The second kappa shape index (κ2) is 8.87. The molecule has 2 N–H and O–H groups in total. The molecule has 2 aromatic carbocycles. The molecule has 0 aliphatic carbocycles. The summed E-state index contributed by atoms with van der Waals surface area (Å²) in [5, 5.41) is 15.4. The largest absolute Gasteiger partial charge is 0.507 e. The van der Waals surface area contributed by atoms with Gasteiger partial charge in [0, 0.05) is 16.1 Å². The van der Waals surface area contributed by atoms with Gasteiger partial charge >= 0.3 is 0 Å². The highest BCUT2D eigenvalue weighted by Gasteiger charge is 2.26. The Morgan fingerprint density at radius 1 is 1.07 bits per heavy atom. The Morgan fingerprint density at radius 2 is 1.59 bits per heavy atom. The number of hydrogen-bond acceptors (Lipinski definition) is 4. The number of nitrogens with one attached hydrogen (secondary N) is 1. The fourth-order valence-electron chi connectivity index (χ4n) is 2.77. The number of carbonyl (C=O) groups excluding carboxylic acids is 1. The molecule has 0 saturated heterocycles. The molecule has 0 unspecified atom stereocenters. The van der Waals surface area contributed by atoms with Crippen molar-refractivity contribution in [3.63, 3.8) is 0 Å². The first-order valence-electron chi connectivity index (χ1n) is 9.46. The Balaban J connectivity index is 2.11. The van der Waals surface area contributed by atoms with E-state index in [-0.39, 0.29) is 23.3 Å². The van der Waals surface area contributed by atoms with E-state index in [0.717, 1.165) is 16.7 Å². The van der Waals surface area contributed by atoms with Crippen LogP contribution < -0.4 is 10.2 Å². The predicted octanol–water partition coefficient (Wildman–Crippen LogP) is 5.17. The van der Waals surface area contributed by atoms with Crippen LogP contribution in [0.1, 0.15) is 58.2 Å². The maximum atomic E-state index is 12.0. The maximum absolute atomic E-state index is 12.0. The van der Waals surface area contributed by atoms with E-state index in [2.05, 4.69) is 10.5 Å². The van der Waals surface area contributed by atoms with Crippen molar-refractivity contribution in [2.45, 2.75) is 52.4 Å². The summed E-state index contributed by atoms with van der Waals surface area (Å²) in [4.78, 5) is 12.0. The maximum Gasteiger partial charge on any atom is 0.277 e. The highest BCUT2D eigenvalue weighted by molar-refractivity contribution is 6.30. The van der Waals surface area contributed by atoms with Gasteiger partial charge in [0.25, 0.3) is 5.91 Å². The van der Waals surface area contributed by atoms with Gasteiger partial charge in [-0.15, -0.1) is 0 Å². The molecule has 6 heteroatoms. The average molecular weight is 417 g/mol. The topological polar surface area (TPSA) is 70.9 Å². The molecule has 0 saturated carbocycles. The van der Waals surface area contributed by atoms with Crippen LogP contribution in [0, 0.1) is 0 Å². The highest BCUT2D eigenvalue weighted by atomic mass is 35.5. The van der Waals surface area contributed by atoms with Crippen LogP contribution in [0.2, 0.25) is 5.02 Å². The molecule has 1 amide bonds. The number of carbonyl (C=O) groups is 1. The van der Waals surface area contributed by atoms with E-state index in [1.54, 1.807) is 30.5 Å². The van der Waals surface area contributed by atoms with Crippen molar-refractivity contribution in [1.29, 1.82) is 0 Å². The Labute approximate surface area is 177 Å². The quantitative estimate of drug-likeness (QED) is 0.521. The number of benzene rings is 2. The first-order valence-corrected chi connectivity index (χ1v) is 9.84. The summed E-state index contributed by atoms with van der Waals surface area (Å²) in [6.07, 6.45) is 1.57. The van der Waals surface area contributed by atoms with Crippen LogP contribution in [-0.2, 0) is 15.6 Å². The predicted molar refractivity (Wildman–Crippen MR) is 118 cm³/mol. The van der Waals surface area contributed by atoms with Gasteiger partial charge in [-0.3, -0.25) is 4.79 Å². The lowest BCUT2D eigenvalue weighted by molar-refractivity contribution is -0.123. The molecule has 0 heterocycles. The third kappa shape index (κ3) is 6.50. The summed E-state index contributed by atoms with van der Waals surface area (Å²) >= 11 is 5.82. The third-order valence-corrected chi connectivity index (χ3v) is 4.59. The zero-order valence-electron chi connectivity index (χ0n) is 17.8. The second-order valence-electron chi connectivity index (χ2n) is 9.00. The van der Waals surface area contributed by atoms with Crippen LogP contribution in [-0.4, -0.2) is 23.8 Å². The van der Waals surface area contributed by atoms with Gasteiger partial charge in [0.15, 0.2) is 6.61 Å². The molecule has 0 fully saturated rings. The smallest absolute Gasteiger partial charge is 0.277 e. The van der Waals surface area contributed by atoms with Gasteiger partial charge in [0.2, 0.25) is 0 Å². The third-order valence-electron chi connectivity index (χ3n) is 4.33. The van der Waals surface area contributed by atoms with Gasteiger partial charge in [-0.25, -0.2) is 5.43 Å². The molecule has 0 radical (unpaired) electrons. The second-order valence-corrected chi connectivity index (χ2v) is 9.44. The van der Waals surface area contributed by atoms with E-state index in [4.69, 9.17) is 16.3 Å². The summed E-state index contributed by atoms with van der Waals surface area (Å²) < 4.78 is 5.39. The van der Waals surface area contributed by atoms with Gasteiger partial charge < -0.3 is 9.84 Å². The van der Waals surface area contributed by atoms with Gasteiger partial charge in [-0.1, -0.05) is 53.1 Å². The van der Waals surface area contributed by atoms with Gasteiger partial charge in [-0.05, 0) is 52.8 Å². The van der Waals surface area contributed by atoms with Crippen molar-refractivity contribution in [3.05, 3.63) is 58.1 Å². The fourth-order valence-corrected chi connectivity index (χ4v) is 2.89. The monoisotopic (exact) mass is 416 g/mol. The molecule has 0 spiro atoms. The molecular formula is C23H29ClN2O3. The molecule has 0 aliphatic rings. The number of hydrogen-bond donors (Lipinski definition) is 2. The molecule has 2 aromatic rings. The van der Waals surface area contributed by atoms with E-state index >= 15 is 0 Å². The van der Waals surface area contributed by atoms with E-state index in [9.17, 15) is 9.90 Å². The van der Waals surface area contributed by atoms with E-state index in [0.29, 0.717) is 16.5 Å². The molecule has 5 nitrogen and oxygen atoms in total. The van der Waals surface area contributed by atoms with Crippen LogP contribution in [0.4, 0.5) is 0 Å². The minimum absolute atomic E-state index is 0.158. The van der Waals surface area contributed by atoms with Crippen molar-refractivity contribution in [3.8, 4) is 11.5 Å². The zero-order valence-corrected chi connectivity index (χ0v) is 18.6. The van der Waals surface area contributed by atoms with Crippen LogP contribution in [0.25, 0.3) is 0 Å². The molecule has 0 atom stereocenters. The van der Waals surface area contributed by atoms with E-state index < -0.39 is 0 Å². The molecular weight excluding hydrogens is 388 g/mol. The van der Waals surface area contributed by atoms with E-state index in [1.807, 2.05) is 53.7 Å². The normalized spacial score (nSPS) is 12.2. The minimum atomic E-state index is -0.373. The first-order chi connectivity index (χ1) is 13.4. The van der Waals surface area contributed by atoms with Crippen molar-refractivity contribution < 1.29 is 14.6 Å². The van der Waals surface area contributed by atoms with E-state index in [1.165, 1.54) is 0 Å². The molecule has 2 rings (SSSR count). The standard InChI is InChI=1S/C23H29ClN2O3/c1-22(2,3)18-11-15(12-19(21(18)28)23(4,5)6)13-25-26-20(27)14-29-17-9-7-16(24)8-10-17/h7-13,28H,14H2,1-6H3,(H,26,27)/b25-13+. The summed E-state index contributed by atoms with van der Waals surface area (Å²) in [5.41, 5.74) is 4.47. The molecule has 0 aromatic heterocycles. The van der Waals surface area contributed by atoms with Gasteiger partial charge in [0.05, 0.1) is 6.21 Å². The first kappa shape index (κ1) is 22.8. The number of phenols is 1. The number of phenolic OH excluding ortho intramolecular Hbond substituents is 1. The van der Waals surface area contributed by atoms with Crippen molar-refractivity contribution in [1.82, 2.24) is 5.43 Å². The van der Waals surface area contributed by atoms with Crippen LogP contribution in [0.3, 0.4) is 0 Å². The lowest BCUT2D eigenvalue weighted by Gasteiger charge is -2.27. The Kier molecular flexibility index (Phi) is 6.96. The number of ether oxygens (including phenoxy) is 1. The van der Waals surface area contributed by atoms with Crippen LogP contribution in [0.5, 0.6) is 11.5 Å². The number of halogens is 1. The molecule has 29 heavy (non-hydrogen) atoms. The highest BCUT2D eigenvalue weighted by Crippen LogP contribution is 2.39. The SMILES string of the molecule is CC(C)(C)c1cc(/C=N/NC(=O)COc2ccc(Cl)cc2)cc(C(C)(C)C)c1O. The molecule has 0 bridgehead atoms. The van der Waals surface area contributed by atoms with Crippen LogP contribution >= 0.6 is 11.6 Å². The summed E-state index contributed by atoms with van der Waals surface area (Å²) in [7, 11) is 0. The van der Waals surface area contributed by atoms with Crippen LogP contribution in [0.15, 0.2) is 41.5 Å². The lowest BCUT2D eigenvalue weighted by atomic mass is 9.78. The Bertz CT molecular complexity index is 857. The zero-order chi connectivity index (χ0) is 21.8. The number of aromatic hydroxyl groups is 1. The van der Waals surface area contributed by atoms with Gasteiger partial charge in [0.1, 0.15) is 11.5 Å². The number of rotatable bonds is 5. The lowest BCUT2D eigenvalue weighted by Crippen LogP contribution is -2.24. The Morgan fingerprint density at radius 3 is 2.07 bits per heavy atom. The molecule has 156 valence electrons. The number of amides is 1. The fraction of sp³-hybridized carbons (Fsp3) is 0.391. The minimum Gasteiger partial charge on any atom is -0.507 e. The van der Waals surface area contributed by atoms with Crippen molar-refractivity contribution in [2.75, 3.05) is 6.61 Å². The molecule has 0 aliphatic heterocycles. The average Bonchev–Trinajstić information content (AvgIpc) is 2.60. The van der Waals surface area contributed by atoms with Gasteiger partial charge in [-0.2, -0.15) is 5.10 Å². The van der Waals surface area contributed by atoms with Crippen molar-refractivity contribution >= 4 is 23.7 Å². The summed E-state index contributed by atoms with van der Waals surface area (Å²) in [5.74, 6) is 0.487. The summed E-state index contributed by atoms with van der Waals surface area (Å²) in [6, 6.07) is 10.6. The summed E-state index contributed by atoms with van der Waals surface area (Å²) in [6.45, 7) is 12.1. The number of nitrogens with zero attached hydrogens (tertiary/aromatic N) is 1. The number of hydrazone groups is 1. The van der Waals surface area contributed by atoms with Crippen molar-refractivity contribution in [2.24, 2.45) is 5.10 Å².